The third kappa shape index (κ3) is 5.62. The first-order valence-corrected chi connectivity index (χ1v) is 14.2. The highest BCUT2D eigenvalue weighted by atomic mass is 32.1. The fraction of sp³-hybridized carbons (Fsp3) is 0.318. The summed E-state index contributed by atoms with van der Waals surface area (Å²) in [5, 5.41) is 13.2. The second-order valence-corrected chi connectivity index (χ2v) is 11.0. The Labute approximate surface area is 214 Å². The number of aromatic nitrogens is 6. The number of carbonyl (C=O) groups excluding carboxylic acids is 1. The number of nitrogens with one attached hydrogen (secondary N) is 1. The molecule has 15 heteroatoms. The monoisotopic (exact) mass is 547 g/mol. The number of amides is 1. The van der Waals surface area contributed by atoms with Crippen molar-refractivity contribution < 1.29 is 28.0 Å². The van der Waals surface area contributed by atoms with Gasteiger partial charge < -0.3 is 19.6 Å². The molecule has 37 heavy (non-hydrogen) atoms. The summed E-state index contributed by atoms with van der Waals surface area (Å²) >= 11 is 1.18. The Morgan fingerprint density at radius 1 is 1.35 bits per heavy atom. The maximum atomic E-state index is 14.6. The molecule has 4 aromatic heterocycles. The van der Waals surface area contributed by atoms with E-state index in [2.05, 4.69) is 25.5 Å². The molecule has 12 nitrogen and oxygen atoms in total. The van der Waals surface area contributed by atoms with Gasteiger partial charge in [-0.05, 0) is 31.9 Å². The van der Waals surface area contributed by atoms with E-state index in [0.717, 1.165) is 24.4 Å². The molecule has 1 atom stereocenters. The number of carbonyl (C=O) groups is 1. The number of anilines is 1. The van der Waals surface area contributed by atoms with Gasteiger partial charge >= 0.3 is 7.60 Å². The third-order valence-electron chi connectivity index (χ3n) is 5.59. The molecule has 0 aliphatic heterocycles. The van der Waals surface area contributed by atoms with Crippen molar-refractivity contribution in [3.8, 4) is 22.0 Å². The van der Waals surface area contributed by atoms with Crippen LogP contribution in [0.3, 0.4) is 0 Å². The van der Waals surface area contributed by atoms with Gasteiger partial charge in [0.15, 0.2) is 5.82 Å². The Morgan fingerprint density at radius 2 is 2.16 bits per heavy atom. The molecule has 194 valence electrons. The molecule has 4 heterocycles. The number of hydrogen-bond acceptors (Lipinski definition) is 9. The number of thiazole rings is 1. The van der Waals surface area contributed by atoms with Crippen molar-refractivity contribution >= 4 is 30.5 Å². The van der Waals surface area contributed by atoms with Gasteiger partial charge in [0.1, 0.15) is 22.1 Å². The normalized spacial score (nSPS) is 18.7. The lowest BCUT2D eigenvalue weighted by Gasteiger charge is -2.34. The fourth-order valence-electron chi connectivity index (χ4n) is 3.84. The first kappa shape index (κ1) is 25.2. The molecule has 0 bridgehead atoms. The highest BCUT2D eigenvalue weighted by molar-refractivity contribution is 7.52. The molecule has 1 saturated carbocycles. The van der Waals surface area contributed by atoms with Crippen LogP contribution < -0.4 is 9.94 Å². The predicted molar refractivity (Wildman–Crippen MR) is 133 cm³/mol. The zero-order valence-corrected chi connectivity index (χ0v) is 21.5. The van der Waals surface area contributed by atoms with Crippen LogP contribution in [0.4, 0.5) is 10.1 Å². The van der Waals surface area contributed by atoms with Gasteiger partial charge in [-0.25, -0.2) is 13.9 Å². The summed E-state index contributed by atoms with van der Waals surface area (Å²) in [7, 11) is -3.79. The van der Waals surface area contributed by atoms with Crippen molar-refractivity contribution in [2.24, 2.45) is 0 Å². The lowest BCUT2D eigenvalue weighted by Crippen LogP contribution is -2.33. The topological polar surface area (TPSA) is 146 Å². The van der Waals surface area contributed by atoms with E-state index in [-0.39, 0.29) is 29.2 Å². The summed E-state index contributed by atoms with van der Waals surface area (Å²) in [6.45, 7) is 3.61. The Kier molecular flexibility index (Phi) is 6.90. The fourth-order valence-corrected chi connectivity index (χ4v) is 5.02. The van der Waals surface area contributed by atoms with E-state index in [4.69, 9.17) is 9.36 Å². The van der Waals surface area contributed by atoms with Crippen LogP contribution in [0, 0.1) is 5.82 Å². The third-order valence-corrected chi connectivity index (χ3v) is 6.95. The Balaban J connectivity index is 1.37. The molecule has 5 rings (SSSR count). The quantitative estimate of drug-likeness (QED) is 0.300. The molecule has 4 aromatic rings. The zero-order valence-electron chi connectivity index (χ0n) is 19.8. The van der Waals surface area contributed by atoms with Crippen LogP contribution in [0.25, 0.3) is 22.0 Å². The SMILES string of the molecule is CCOC1CC(n2cc(NC(=O)c3csc(-c4cnn(OP(C)(=O)O)c4)n3)c(-c3ncccc3F)n2)C1. The van der Waals surface area contributed by atoms with E-state index in [1.807, 2.05) is 6.92 Å². The Morgan fingerprint density at radius 3 is 2.89 bits per heavy atom. The van der Waals surface area contributed by atoms with Gasteiger partial charge in [0.25, 0.3) is 5.91 Å². The largest absolute Gasteiger partial charge is 0.394 e. The molecule has 1 unspecified atom stereocenters. The second-order valence-electron chi connectivity index (χ2n) is 8.42. The van der Waals surface area contributed by atoms with Crippen molar-refractivity contribution in [1.82, 2.24) is 29.7 Å². The van der Waals surface area contributed by atoms with Crippen LogP contribution in [0.5, 0.6) is 0 Å². The number of nitrogens with zero attached hydrogens (tertiary/aromatic N) is 6. The van der Waals surface area contributed by atoms with Crippen LogP contribution in [-0.4, -0.2) is 59.9 Å². The number of ether oxygens (including phenoxy) is 1. The molecule has 0 radical (unpaired) electrons. The summed E-state index contributed by atoms with van der Waals surface area (Å²) in [5.74, 6) is -1.07. The summed E-state index contributed by atoms with van der Waals surface area (Å²) in [6.07, 6.45) is 7.59. The molecule has 1 fully saturated rings. The molecule has 1 aliphatic carbocycles. The number of rotatable bonds is 9. The first-order chi connectivity index (χ1) is 17.7. The van der Waals surface area contributed by atoms with Crippen molar-refractivity contribution in [2.75, 3.05) is 18.6 Å². The molecule has 2 N–H and O–H groups in total. The van der Waals surface area contributed by atoms with Crippen molar-refractivity contribution in [3.05, 3.63) is 53.8 Å². The van der Waals surface area contributed by atoms with Gasteiger partial charge in [-0.15, -0.1) is 16.4 Å². The van der Waals surface area contributed by atoms with E-state index in [1.165, 1.54) is 42.1 Å². The lowest BCUT2D eigenvalue weighted by atomic mass is 9.89. The van der Waals surface area contributed by atoms with Crippen molar-refractivity contribution in [1.29, 1.82) is 0 Å². The van der Waals surface area contributed by atoms with Crippen LogP contribution in [-0.2, 0) is 9.30 Å². The van der Waals surface area contributed by atoms with Gasteiger partial charge in [0.05, 0.1) is 42.5 Å². The number of hydrogen-bond donors (Lipinski definition) is 2. The van der Waals surface area contributed by atoms with Gasteiger partial charge in [-0.3, -0.25) is 14.5 Å². The van der Waals surface area contributed by atoms with Gasteiger partial charge in [-0.2, -0.15) is 5.10 Å². The molecule has 0 saturated heterocycles. The summed E-state index contributed by atoms with van der Waals surface area (Å²) in [4.78, 5) is 31.7. The van der Waals surface area contributed by atoms with E-state index in [9.17, 15) is 18.6 Å². The predicted octanol–water partition coefficient (Wildman–Crippen LogP) is 3.64. The molecular formula is C22H23FN7O5PS. The Hall–Kier alpha value is -3.45. The van der Waals surface area contributed by atoms with Gasteiger partial charge in [0.2, 0.25) is 0 Å². The molecule has 0 spiro atoms. The van der Waals surface area contributed by atoms with Crippen molar-refractivity contribution in [3.63, 3.8) is 0 Å². The minimum atomic E-state index is -3.79. The lowest BCUT2D eigenvalue weighted by molar-refractivity contribution is -0.0226. The van der Waals surface area contributed by atoms with Crippen LogP contribution in [0.1, 0.15) is 36.3 Å². The van der Waals surface area contributed by atoms with E-state index < -0.39 is 19.3 Å². The maximum Gasteiger partial charge on any atom is 0.394 e. The summed E-state index contributed by atoms with van der Waals surface area (Å²) in [5.41, 5.74) is 1.17. The maximum absolute atomic E-state index is 14.6. The van der Waals surface area contributed by atoms with Crippen molar-refractivity contribution in [2.45, 2.75) is 31.9 Å². The molecule has 1 aliphatic rings. The van der Waals surface area contributed by atoms with E-state index in [1.54, 1.807) is 16.3 Å². The molecule has 1 amide bonds. The standard InChI is InChI=1S/C22H23FN7O5PS/c1-3-34-15-7-14(8-15)29-11-17(20(28-29)19-16(23)5-4-6-24-19)26-21(31)18-12-37-22(27-18)13-9-25-30(10-13)35-36(2,32)33/h4-6,9-12,14-15H,3,7-8H2,1-2H3,(H,26,31)(H,32,33). The van der Waals surface area contributed by atoms with Gasteiger partial charge in [-0.1, -0.05) is 4.85 Å². The smallest absolute Gasteiger partial charge is 0.378 e. The molecular weight excluding hydrogens is 524 g/mol. The highest BCUT2D eigenvalue weighted by Gasteiger charge is 2.33. The Bertz CT molecular complexity index is 1480. The average molecular weight is 548 g/mol. The van der Waals surface area contributed by atoms with Crippen LogP contribution >= 0.6 is 18.9 Å². The van der Waals surface area contributed by atoms with Crippen LogP contribution in [0.15, 0.2) is 42.3 Å². The second kappa shape index (κ2) is 10.1. The van der Waals surface area contributed by atoms with E-state index >= 15 is 0 Å². The number of halogens is 1. The molecule has 0 aromatic carbocycles. The summed E-state index contributed by atoms with van der Waals surface area (Å²) in [6, 6.07) is 2.83. The number of pyridine rings is 1. The average Bonchev–Trinajstić information content (AvgIpc) is 3.55. The minimum Gasteiger partial charge on any atom is -0.378 e. The van der Waals surface area contributed by atoms with Crippen LogP contribution in [0.2, 0.25) is 0 Å². The van der Waals surface area contributed by atoms with Gasteiger partial charge in [0, 0.05) is 24.4 Å². The zero-order chi connectivity index (χ0) is 26.2. The highest BCUT2D eigenvalue weighted by Crippen LogP contribution is 2.37. The minimum absolute atomic E-state index is 0.0284. The first-order valence-electron chi connectivity index (χ1n) is 11.3. The van der Waals surface area contributed by atoms with E-state index in [0.29, 0.717) is 22.9 Å². The summed E-state index contributed by atoms with van der Waals surface area (Å²) < 4.78 is 38.2.